The molecule has 4 rings (SSSR count). The molecule has 0 fully saturated rings. The zero-order valence-corrected chi connectivity index (χ0v) is 22.8. The molecule has 9 nitrogen and oxygen atoms in total. The molecule has 0 aliphatic rings. The fraction of sp³-hybridized carbons (Fsp3) is 0.241. The van der Waals surface area contributed by atoms with Gasteiger partial charge in [0.25, 0.3) is 5.91 Å². The monoisotopic (exact) mass is 550 g/mol. The number of hydrogen-bond donors (Lipinski definition) is 3. The first-order chi connectivity index (χ1) is 18.5. The number of hydrogen-bond acceptors (Lipinski definition) is 6. The minimum Gasteiger partial charge on any atom is -0.493 e. The van der Waals surface area contributed by atoms with Gasteiger partial charge in [0.15, 0.2) is 5.76 Å². The summed E-state index contributed by atoms with van der Waals surface area (Å²) in [5.74, 6) is -1.17. The zero-order valence-electron chi connectivity index (χ0n) is 22.0. The van der Waals surface area contributed by atoms with Gasteiger partial charge in [-0.2, -0.15) is 4.72 Å². The van der Waals surface area contributed by atoms with Crippen LogP contribution in [-0.4, -0.2) is 38.0 Å². The first kappa shape index (κ1) is 27.9. The zero-order chi connectivity index (χ0) is 28.3. The van der Waals surface area contributed by atoms with Gasteiger partial charge in [-0.25, -0.2) is 8.42 Å². The highest BCUT2D eigenvalue weighted by atomic mass is 32.2. The Balaban J connectivity index is 1.48. The highest BCUT2D eigenvalue weighted by molar-refractivity contribution is 7.89. The third kappa shape index (κ3) is 5.97. The van der Waals surface area contributed by atoms with Gasteiger partial charge in [0.1, 0.15) is 17.4 Å². The number of carboxylic acids is 1. The summed E-state index contributed by atoms with van der Waals surface area (Å²) in [6.07, 6.45) is 0. The molecule has 0 aliphatic carbocycles. The molecule has 1 amide bonds. The van der Waals surface area contributed by atoms with Crippen molar-refractivity contribution in [1.29, 1.82) is 0 Å². The van der Waals surface area contributed by atoms with Crippen molar-refractivity contribution in [3.05, 3.63) is 78.1 Å². The maximum absolute atomic E-state index is 13.0. The van der Waals surface area contributed by atoms with Crippen molar-refractivity contribution in [1.82, 2.24) is 4.72 Å². The van der Waals surface area contributed by atoms with Gasteiger partial charge < -0.3 is 19.6 Å². The van der Waals surface area contributed by atoms with E-state index in [0.717, 1.165) is 16.5 Å². The van der Waals surface area contributed by atoms with Gasteiger partial charge in [-0.3, -0.25) is 9.59 Å². The van der Waals surface area contributed by atoms with Crippen LogP contribution in [0.3, 0.4) is 0 Å². The van der Waals surface area contributed by atoms with Crippen molar-refractivity contribution in [2.75, 3.05) is 11.9 Å². The first-order valence-electron chi connectivity index (χ1n) is 12.4. The van der Waals surface area contributed by atoms with Gasteiger partial charge in [-0.05, 0) is 67.3 Å². The molecule has 1 aromatic heterocycles. The number of sulfonamides is 1. The van der Waals surface area contributed by atoms with E-state index in [-0.39, 0.29) is 16.6 Å². The average molecular weight is 551 g/mol. The van der Waals surface area contributed by atoms with Crippen LogP contribution in [0.1, 0.15) is 36.9 Å². The van der Waals surface area contributed by atoms with E-state index in [0.29, 0.717) is 29.2 Å². The molecular formula is C29H30N2O7S. The number of aliphatic carboxylic acids is 1. The number of furan rings is 1. The van der Waals surface area contributed by atoms with Crippen LogP contribution in [0.5, 0.6) is 5.75 Å². The van der Waals surface area contributed by atoms with Crippen molar-refractivity contribution in [3.63, 3.8) is 0 Å². The second-order valence-electron chi connectivity index (χ2n) is 9.36. The molecule has 1 atom stereocenters. The molecule has 0 unspecified atom stereocenters. The number of nitrogens with one attached hydrogen (secondary N) is 2. The van der Waals surface area contributed by atoms with Gasteiger partial charge >= 0.3 is 5.97 Å². The molecule has 0 aliphatic heterocycles. The smallest absolute Gasteiger partial charge is 0.322 e. The Morgan fingerprint density at radius 3 is 2.15 bits per heavy atom. The number of carbonyl (C=O) groups excluding carboxylic acids is 1. The molecule has 0 saturated heterocycles. The molecule has 3 aromatic carbocycles. The number of carbonyl (C=O) groups is 2. The maximum Gasteiger partial charge on any atom is 0.322 e. The third-order valence-corrected chi connectivity index (χ3v) is 7.73. The number of carboxylic acid groups (broad SMARTS) is 1. The SMILES string of the molecule is CCOc1cccc2oc(C(=O)Nc3ccc(-c4ccc(S(=O)(=O)N[C@H](C(=O)O)C(C)C)cc4)cc3)c(C)c12. The maximum atomic E-state index is 13.0. The van der Waals surface area contributed by atoms with E-state index < -0.39 is 28.0 Å². The van der Waals surface area contributed by atoms with Gasteiger partial charge in [0, 0.05) is 11.3 Å². The second kappa shape index (κ2) is 11.3. The summed E-state index contributed by atoms with van der Waals surface area (Å²) in [4.78, 5) is 24.3. The molecule has 204 valence electrons. The lowest BCUT2D eigenvalue weighted by Gasteiger charge is -2.18. The topological polar surface area (TPSA) is 135 Å². The quantitative estimate of drug-likeness (QED) is 0.239. The molecule has 1 heterocycles. The molecule has 0 bridgehead atoms. The van der Waals surface area contributed by atoms with E-state index in [4.69, 9.17) is 9.15 Å². The lowest BCUT2D eigenvalue weighted by atomic mass is 10.1. The van der Waals surface area contributed by atoms with Crippen LogP contribution < -0.4 is 14.8 Å². The molecule has 39 heavy (non-hydrogen) atoms. The highest BCUT2D eigenvalue weighted by Crippen LogP contribution is 2.33. The van der Waals surface area contributed by atoms with Crippen LogP contribution in [-0.2, 0) is 14.8 Å². The summed E-state index contributed by atoms with van der Waals surface area (Å²) in [6, 6.07) is 17.4. The Labute approximate surface area is 226 Å². The Hall–Kier alpha value is -4.15. The third-order valence-electron chi connectivity index (χ3n) is 6.28. The van der Waals surface area contributed by atoms with Gasteiger partial charge in [-0.15, -0.1) is 0 Å². The van der Waals surface area contributed by atoms with E-state index in [1.165, 1.54) is 12.1 Å². The van der Waals surface area contributed by atoms with Crippen LogP contribution in [0, 0.1) is 12.8 Å². The Morgan fingerprint density at radius 2 is 1.59 bits per heavy atom. The molecule has 0 radical (unpaired) electrons. The minimum absolute atomic E-state index is 0.0317. The normalized spacial score (nSPS) is 12.4. The number of amides is 1. The van der Waals surface area contributed by atoms with Crippen molar-refractivity contribution in [3.8, 4) is 16.9 Å². The highest BCUT2D eigenvalue weighted by Gasteiger charge is 2.28. The number of fused-ring (bicyclic) bond motifs is 1. The number of aryl methyl sites for hydroxylation is 1. The minimum atomic E-state index is -4.01. The molecule has 4 aromatic rings. The Morgan fingerprint density at radius 1 is 0.974 bits per heavy atom. The fourth-order valence-corrected chi connectivity index (χ4v) is 5.56. The Bertz CT molecular complexity index is 1610. The van der Waals surface area contributed by atoms with E-state index >= 15 is 0 Å². The summed E-state index contributed by atoms with van der Waals surface area (Å²) < 4.78 is 39.1. The molecule has 3 N–H and O–H groups in total. The predicted molar refractivity (Wildman–Crippen MR) is 149 cm³/mol. The number of benzene rings is 3. The molecule has 0 saturated carbocycles. The van der Waals surface area contributed by atoms with Gasteiger partial charge in [-0.1, -0.05) is 44.2 Å². The van der Waals surface area contributed by atoms with Crippen molar-refractivity contribution >= 4 is 38.6 Å². The summed E-state index contributed by atoms with van der Waals surface area (Å²) in [7, 11) is -4.01. The summed E-state index contributed by atoms with van der Waals surface area (Å²) in [5, 5.41) is 12.9. The lowest BCUT2D eigenvalue weighted by Crippen LogP contribution is -2.44. The number of anilines is 1. The van der Waals surface area contributed by atoms with Crippen molar-refractivity contribution in [2.24, 2.45) is 5.92 Å². The van der Waals surface area contributed by atoms with Crippen LogP contribution in [0.4, 0.5) is 5.69 Å². The fourth-order valence-electron chi connectivity index (χ4n) is 4.23. The predicted octanol–water partition coefficient (Wildman–Crippen LogP) is 5.45. The van der Waals surface area contributed by atoms with Crippen LogP contribution >= 0.6 is 0 Å². The van der Waals surface area contributed by atoms with E-state index in [9.17, 15) is 23.1 Å². The largest absolute Gasteiger partial charge is 0.493 e. The number of rotatable bonds is 10. The Kier molecular flexibility index (Phi) is 8.08. The van der Waals surface area contributed by atoms with Crippen LogP contribution in [0.15, 0.2) is 76.0 Å². The second-order valence-corrected chi connectivity index (χ2v) is 11.1. The van der Waals surface area contributed by atoms with Crippen molar-refractivity contribution < 1.29 is 32.3 Å². The van der Waals surface area contributed by atoms with Crippen molar-refractivity contribution in [2.45, 2.75) is 38.6 Å². The average Bonchev–Trinajstić information content (AvgIpc) is 3.25. The summed E-state index contributed by atoms with van der Waals surface area (Å²) in [6.45, 7) is 7.47. The molecule has 0 spiro atoms. The van der Waals surface area contributed by atoms with E-state index in [1.54, 1.807) is 56.3 Å². The first-order valence-corrected chi connectivity index (χ1v) is 13.9. The van der Waals surface area contributed by atoms with Gasteiger partial charge in [0.05, 0.1) is 16.9 Å². The van der Waals surface area contributed by atoms with E-state index in [2.05, 4.69) is 10.0 Å². The molecular weight excluding hydrogens is 520 g/mol. The lowest BCUT2D eigenvalue weighted by molar-refractivity contribution is -0.140. The van der Waals surface area contributed by atoms with Crippen LogP contribution in [0.25, 0.3) is 22.1 Å². The molecule has 10 heteroatoms. The van der Waals surface area contributed by atoms with E-state index in [1.807, 2.05) is 26.0 Å². The standard InChI is InChI=1S/C29H30N2O7S/c1-5-37-23-7-6-8-24-25(23)18(4)27(38-24)28(32)30-21-13-9-19(10-14-21)20-11-15-22(16-12-20)39(35,36)31-26(17(2)3)29(33)34/h6-17,26,31H,5H2,1-4H3,(H,30,32)(H,33,34)/t26-/m0/s1. The summed E-state index contributed by atoms with van der Waals surface area (Å²) in [5.41, 5.74) is 3.38. The summed E-state index contributed by atoms with van der Waals surface area (Å²) >= 11 is 0. The number of ether oxygens (including phenoxy) is 1. The van der Waals surface area contributed by atoms with Crippen LogP contribution in [0.2, 0.25) is 0 Å². The van der Waals surface area contributed by atoms with Gasteiger partial charge in [0.2, 0.25) is 10.0 Å².